The van der Waals surface area contributed by atoms with Crippen LogP contribution in [0.4, 0.5) is 18.9 Å². The highest BCUT2D eigenvalue weighted by molar-refractivity contribution is 7.15. The van der Waals surface area contributed by atoms with Crippen molar-refractivity contribution in [3.05, 3.63) is 64.2 Å². The molecule has 0 fully saturated rings. The van der Waals surface area contributed by atoms with E-state index in [0.717, 1.165) is 22.6 Å². The number of aliphatic carboxylic acids is 1. The normalized spacial score (nSPS) is 13.7. The van der Waals surface area contributed by atoms with Crippen LogP contribution in [-0.2, 0) is 28.8 Å². The molecule has 0 saturated heterocycles. The summed E-state index contributed by atoms with van der Waals surface area (Å²) < 4.78 is 44.2. The predicted octanol–water partition coefficient (Wildman–Crippen LogP) is 5.08. The Hall–Kier alpha value is -3.40. The third-order valence-corrected chi connectivity index (χ3v) is 6.45. The van der Waals surface area contributed by atoms with Gasteiger partial charge in [0.2, 0.25) is 5.91 Å². The van der Waals surface area contributed by atoms with Gasteiger partial charge in [-0.2, -0.15) is 13.2 Å². The van der Waals surface area contributed by atoms with Crippen molar-refractivity contribution in [2.45, 2.75) is 32.5 Å². The summed E-state index contributed by atoms with van der Waals surface area (Å²) in [4.78, 5) is 29.9. The first-order valence-electron chi connectivity index (χ1n) is 10.0. The SMILES string of the molecule is Cc1nc(-c2ccc(C(F)(F)F)cc2)sc1COc1ccc2c(c1)N(CC(=O)O)C(=O)CC2. The number of rotatable bonds is 6. The van der Waals surface area contributed by atoms with Gasteiger partial charge >= 0.3 is 12.1 Å². The van der Waals surface area contributed by atoms with E-state index in [9.17, 15) is 22.8 Å². The number of carbonyl (C=O) groups excluding carboxylic acids is 1. The molecule has 4 rings (SSSR count). The summed E-state index contributed by atoms with van der Waals surface area (Å²) >= 11 is 1.32. The maximum Gasteiger partial charge on any atom is 0.416 e. The van der Waals surface area contributed by atoms with Gasteiger partial charge in [-0.25, -0.2) is 4.98 Å². The average Bonchev–Trinajstić information content (AvgIpc) is 3.14. The number of halogens is 3. The number of aromatic nitrogens is 1. The van der Waals surface area contributed by atoms with Crippen molar-refractivity contribution >= 4 is 28.9 Å². The maximum atomic E-state index is 12.8. The fourth-order valence-electron chi connectivity index (χ4n) is 3.55. The Morgan fingerprint density at radius 3 is 2.58 bits per heavy atom. The number of fused-ring (bicyclic) bond motifs is 1. The van der Waals surface area contributed by atoms with Crippen LogP contribution in [0.15, 0.2) is 42.5 Å². The first kappa shape index (κ1) is 22.8. The molecule has 0 unspecified atom stereocenters. The summed E-state index contributed by atoms with van der Waals surface area (Å²) in [6, 6.07) is 10.1. The van der Waals surface area contributed by atoms with Crippen LogP contribution in [-0.4, -0.2) is 28.5 Å². The van der Waals surface area contributed by atoms with Crippen molar-refractivity contribution < 1.29 is 32.6 Å². The number of carbonyl (C=O) groups is 2. The molecule has 1 aliphatic rings. The Morgan fingerprint density at radius 2 is 1.91 bits per heavy atom. The van der Waals surface area contributed by atoms with Gasteiger partial charge in [-0.1, -0.05) is 18.2 Å². The third-order valence-electron chi connectivity index (χ3n) is 5.27. The van der Waals surface area contributed by atoms with Crippen LogP contribution in [0.2, 0.25) is 0 Å². The second kappa shape index (κ2) is 8.86. The van der Waals surface area contributed by atoms with Crippen LogP contribution in [0.5, 0.6) is 5.75 Å². The molecular formula is C23H19F3N2O4S. The molecule has 1 aliphatic heterocycles. The molecule has 3 aromatic rings. The highest BCUT2D eigenvalue weighted by atomic mass is 32.1. The van der Waals surface area contributed by atoms with Gasteiger partial charge in [0.25, 0.3) is 0 Å². The van der Waals surface area contributed by atoms with Crippen molar-refractivity contribution in [3.8, 4) is 16.3 Å². The van der Waals surface area contributed by atoms with Gasteiger partial charge in [-0.05, 0) is 37.1 Å². The van der Waals surface area contributed by atoms with E-state index in [1.807, 2.05) is 6.07 Å². The zero-order valence-corrected chi connectivity index (χ0v) is 18.3. The minimum absolute atomic E-state index is 0.176. The number of carboxylic acids is 1. The van der Waals surface area contributed by atoms with Gasteiger partial charge in [0.05, 0.1) is 21.8 Å². The second-order valence-electron chi connectivity index (χ2n) is 7.56. The Balaban J connectivity index is 1.50. The number of hydrogen-bond donors (Lipinski definition) is 1. The molecule has 2 heterocycles. The van der Waals surface area contributed by atoms with Crippen molar-refractivity contribution in [3.63, 3.8) is 0 Å². The lowest BCUT2D eigenvalue weighted by Gasteiger charge is -2.28. The smallest absolute Gasteiger partial charge is 0.416 e. The quantitative estimate of drug-likeness (QED) is 0.537. The van der Waals surface area contributed by atoms with Crippen LogP contribution in [0.1, 0.15) is 28.1 Å². The molecule has 33 heavy (non-hydrogen) atoms. The second-order valence-corrected chi connectivity index (χ2v) is 8.64. The van der Waals surface area contributed by atoms with Gasteiger partial charge < -0.3 is 14.7 Å². The number of ether oxygens (including phenoxy) is 1. The minimum atomic E-state index is -4.39. The maximum absolute atomic E-state index is 12.8. The largest absolute Gasteiger partial charge is 0.488 e. The number of anilines is 1. The Morgan fingerprint density at radius 1 is 1.18 bits per heavy atom. The molecule has 0 bridgehead atoms. The predicted molar refractivity (Wildman–Crippen MR) is 116 cm³/mol. The molecule has 10 heteroatoms. The zero-order valence-electron chi connectivity index (χ0n) is 17.5. The van der Waals surface area contributed by atoms with E-state index in [1.165, 1.54) is 28.4 Å². The lowest BCUT2D eigenvalue weighted by molar-refractivity contribution is -0.138. The first-order chi connectivity index (χ1) is 15.6. The number of alkyl halides is 3. The molecule has 0 saturated carbocycles. The summed E-state index contributed by atoms with van der Waals surface area (Å²) in [5.74, 6) is -0.872. The highest BCUT2D eigenvalue weighted by Crippen LogP contribution is 2.35. The number of amides is 1. The molecule has 0 atom stereocenters. The van der Waals surface area contributed by atoms with Crippen LogP contribution < -0.4 is 9.64 Å². The van der Waals surface area contributed by atoms with Crippen LogP contribution in [0.25, 0.3) is 10.6 Å². The standard InChI is InChI=1S/C23H19F3N2O4S/c1-13-19(33-22(27-13)15-2-6-16(7-3-15)23(24,25)26)12-32-17-8-4-14-5-9-20(29)28(11-21(30)31)18(14)10-17/h2-4,6-8,10H,5,9,11-12H2,1H3,(H,30,31). The Bertz CT molecular complexity index is 1210. The lowest BCUT2D eigenvalue weighted by Crippen LogP contribution is -2.38. The van der Waals surface area contributed by atoms with E-state index < -0.39 is 24.3 Å². The number of carboxylic acid groups (broad SMARTS) is 1. The van der Waals surface area contributed by atoms with Crippen LogP contribution in [0.3, 0.4) is 0 Å². The van der Waals surface area contributed by atoms with Crippen molar-refractivity contribution in [1.82, 2.24) is 4.98 Å². The van der Waals surface area contributed by atoms with Gasteiger partial charge in [-0.15, -0.1) is 11.3 Å². The van der Waals surface area contributed by atoms with Crippen LogP contribution in [0, 0.1) is 6.92 Å². The number of nitrogens with zero attached hydrogens (tertiary/aromatic N) is 2. The molecular weight excluding hydrogens is 457 g/mol. The summed E-state index contributed by atoms with van der Waals surface area (Å²) in [6.45, 7) is 1.55. The fraction of sp³-hybridized carbons (Fsp3) is 0.261. The topological polar surface area (TPSA) is 79.7 Å². The number of aryl methyl sites for hydroxylation is 2. The molecule has 0 spiro atoms. The van der Waals surface area contributed by atoms with E-state index in [1.54, 1.807) is 19.1 Å². The lowest BCUT2D eigenvalue weighted by atomic mass is 10.0. The molecule has 1 aromatic heterocycles. The molecule has 0 aliphatic carbocycles. The van der Waals surface area contributed by atoms with Crippen molar-refractivity contribution in [2.75, 3.05) is 11.4 Å². The molecule has 0 radical (unpaired) electrons. The molecule has 6 nitrogen and oxygen atoms in total. The molecule has 2 aromatic carbocycles. The van der Waals surface area contributed by atoms with E-state index >= 15 is 0 Å². The molecule has 1 amide bonds. The Labute approximate surface area is 191 Å². The van der Waals surface area contributed by atoms with E-state index in [2.05, 4.69) is 4.98 Å². The first-order valence-corrected chi connectivity index (χ1v) is 10.9. The minimum Gasteiger partial charge on any atom is -0.488 e. The summed E-state index contributed by atoms with van der Waals surface area (Å²) in [5, 5.41) is 9.71. The average molecular weight is 476 g/mol. The van der Waals surface area contributed by atoms with E-state index in [-0.39, 0.29) is 18.9 Å². The monoisotopic (exact) mass is 476 g/mol. The number of hydrogen-bond acceptors (Lipinski definition) is 5. The van der Waals surface area contributed by atoms with Crippen LogP contribution >= 0.6 is 11.3 Å². The highest BCUT2D eigenvalue weighted by Gasteiger charge is 2.30. The molecule has 172 valence electrons. The van der Waals surface area contributed by atoms with Gasteiger partial charge in [0, 0.05) is 18.1 Å². The Kier molecular flexibility index (Phi) is 6.11. The summed E-state index contributed by atoms with van der Waals surface area (Å²) in [6.07, 6.45) is -3.60. The van der Waals surface area contributed by atoms with Gasteiger partial charge in [-0.3, -0.25) is 9.59 Å². The van der Waals surface area contributed by atoms with Crippen molar-refractivity contribution in [2.24, 2.45) is 0 Å². The van der Waals surface area contributed by atoms with Gasteiger partial charge in [0.1, 0.15) is 23.9 Å². The van der Waals surface area contributed by atoms with Crippen molar-refractivity contribution in [1.29, 1.82) is 0 Å². The number of benzene rings is 2. The summed E-state index contributed by atoms with van der Waals surface area (Å²) in [7, 11) is 0. The fourth-order valence-corrected chi connectivity index (χ4v) is 4.53. The zero-order chi connectivity index (χ0) is 23.8. The number of thiazole rings is 1. The van der Waals surface area contributed by atoms with Gasteiger partial charge in [0.15, 0.2) is 0 Å². The third kappa shape index (κ3) is 5.00. The van der Waals surface area contributed by atoms with E-state index in [0.29, 0.717) is 34.1 Å². The summed E-state index contributed by atoms with van der Waals surface area (Å²) in [5.41, 5.74) is 1.97. The molecule has 1 N–H and O–H groups in total. The van der Waals surface area contributed by atoms with E-state index in [4.69, 9.17) is 9.84 Å².